The summed E-state index contributed by atoms with van der Waals surface area (Å²) < 4.78 is 10.6. The van der Waals surface area contributed by atoms with Crippen LogP contribution in [0.4, 0.5) is 11.5 Å². The molecule has 0 saturated carbocycles. The van der Waals surface area contributed by atoms with Gasteiger partial charge in [0.05, 0.1) is 37.8 Å². The van der Waals surface area contributed by atoms with Gasteiger partial charge in [-0.05, 0) is 18.2 Å². The van der Waals surface area contributed by atoms with Crippen LogP contribution in [0.15, 0.2) is 30.5 Å². The summed E-state index contributed by atoms with van der Waals surface area (Å²) in [6.45, 7) is 4.02. The van der Waals surface area contributed by atoms with Crippen LogP contribution in [0.3, 0.4) is 0 Å². The molecule has 1 saturated heterocycles. The predicted molar refractivity (Wildman–Crippen MR) is 104 cm³/mol. The van der Waals surface area contributed by atoms with E-state index in [1.54, 1.807) is 24.4 Å². The summed E-state index contributed by atoms with van der Waals surface area (Å²) in [7, 11) is 1.52. The lowest BCUT2D eigenvalue weighted by Crippen LogP contribution is -2.36. The zero-order valence-electron chi connectivity index (χ0n) is 15.1. The van der Waals surface area contributed by atoms with Gasteiger partial charge < -0.3 is 25.0 Å². The fourth-order valence-electron chi connectivity index (χ4n) is 2.76. The van der Waals surface area contributed by atoms with Crippen molar-refractivity contribution in [2.75, 3.05) is 56.7 Å². The molecule has 2 N–H and O–H groups in total. The Hall–Kier alpha value is -2.58. The maximum atomic E-state index is 12.3. The largest absolute Gasteiger partial charge is 0.496 e. The van der Waals surface area contributed by atoms with E-state index in [1.165, 1.54) is 7.11 Å². The second kappa shape index (κ2) is 9.38. The molecule has 1 aliphatic heterocycles. The maximum absolute atomic E-state index is 12.3. The minimum absolute atomic E-state index is 0.246. The Morgan fingerprint density at radius 1 is 1.30 bits per heavy atom. The average molecular weight is 392 g/mol. The van der Waals surface area contributed by atoms with Gasteiger partial charge in [-0.2, -0.15) is 5.10 Å². The second-order valence-corrected chi connectivity index (χ2v) is 6.36. The molecular formula is C18H22ClN5O3. The first kappa shape index (κ1) is 19.2. The van der Waals surface area contributed by atoms with E-state index in [9.17, 15) is 4.79 Å². The molecule has 0 bridgehead atoms. The molecule has 8 nitrogen and oxygen atoms in total. The Bertz CT molecular complexity index is 783. The minimum Gasteiger partial charge on any atom is -0.496 e. The molecule has 9 heteroatoms. The Balaban J connectivity index is 1.50. The molecular weight excluding hydrogens is 370 g/mol. The van der Waals surface area contributed by atoms with Gasteiger partial charge in [0.1, 0.15) is 5.75 Å². The normalized spacial score (nSPS) is 13.9. The summed E-state index contributed by atoms with van der Waals surface area (Å²) in [6.07, 6.45) is 1.74. The van der Waals surface area contributed by atoms with Crippen molar-refractivity contribution in [3.05, 3.63) is 41.0 Å². The van der Waals surface area contributed by atoms with E-state index < -0.39 is 0 Å². The van der Waals surface area contributed by atoms with Gasteiger partial charge in [0, 0.05) is 37.3 Å². The lowest BCUT2D eigenvalue weighted by Gasteiger charge is -2.28. The Labute approximate surface area is 162 Å². The van der Waals surface area contributed by atoms with Gasteiger partial charge in [-0.25, -0.2) is 0 Å². The van der Waals surface area contributed by atoms with Crippen LogP contribution < -0.4 is 20.3 Å². The molecule has 0 radical (unpaired) electrons. The van der Waals surface area contributed by atoms with Crippen LogP contribution in [0.5, 0.6) is 5.75 Å². The van der Waals surface area contributed by atoms with Gasteiger partial charge in [0.15, 0.2) is 5.82 Å². The molecule has 0 atom stereocenters. The number of nitrogens with one attached hydrogen (secondary N) is 2. The summed E-state index contributed by atoms with van der Waals surface area (Å²) in [5, 5.41) is 14.6. The molecule has 0 aliphatic carbocycles. The number of ether oxygens (including phenoxy) is 2. The van der Waals surface area contributed by atoms with E-state index in [0.29, 0.717) is 48.5 Å². The standard InChI is InChI=1S/C18H22ClN5O3/c1-26-16-3-2-13(19)10-15(16)18(25)21-5-4-20-17-11-14(12-22-23-17)24-6-8-27-9-7-24/h2-3,10-12H,4-9H2,1H3,(H,20,23)(H,21,25). The third kappa shape index (κ3) is 5.21. The van der Waals surface area contributed by atoms with Crippen molar-refractivity contribution in [1.82, 2.24) is 15.5 Å². The molecule has 1 aromatic heterocycles. The first-order valence-electron chi connectivity index (χ1n) is 8.68. The number of morpholine rings is 1. The number of nitrogens with zero attached hydrogens (tertiary/aromatic N) is 3. The van der Waals surface area contributed by atoms with E-state index in [-0.39, 0.29) is 5.91 Å². The zero-order chi connectivity index (χ0) is 19.1. The van der Waals surface area contributed by atoms with Crippen LogP contribution in [-0.2, 0) is 4.74 Å². The number of methoxy groups -OCH3 is 1. The molecule has 3 rings (SSSR count). The lowest BCUT2D eigenvalue weighted by molar-refractivity contribution is 0.0952. The number of rotatable bonds is 7. The van der Waals surface area contributed by atoms with Crippen molar-refractivity contribution < 1.29 is 14.3 Å². The van der Waals surface area contributed by atoms with Gasteiger partial charge in [-0.1, -0.05) is 11.6 Å². The van der Waals surface area contributed by atoms with Crippen LogP contribution in [0.25, 0.3) is 0 Å². The number of aromatic nitrogens is 2. The van der Waals surface area contributed by atoms with Gasteiger partial charge in [-0.3, -0.25) is 4.79 Å². The van der Waals surface area contributed by atoms with E-state index >= 15 is 0 Å². The van der Waals surface area contributed by atoms with E-state index in [2.05, 4.69) is 25.7 Å². The Morgan fingerprint density at radius 2 is 2.11 bits per heavy atom. The molecule has 2 aromatic rings. The van der Waals surface area contributed by atoms with Crippen LogP contribution in [0, 0.1) is 0 Å². The SMILES string of the molecule is COc1ccc(Cl)cc1C(=O)NCCNc1cc(N2CCOCC2)cnn1. The molecule has 1 amide bonds. The number of carbonyl (C=O) groups is 1. The molecule has 1 aliphatic rings. The van der Waals surface area contributed by atoms with Crippen molar-refractivity contribution in [3.63, 3.8) is 0 Å². The Morgan fingerprint density at radius 3 is 2.89 bits per heavy atom. The topological polar surface area (TPSA) is 88.6 Å². The highest BCUT2D eigenvalue weighted by Crippen LogP contribution is 2.22. The number of halogens is 1. The first-order chi connectivity index (χ1) is 13.2. The van der Waals surface area contributed by atoms with Gasteiger partial charge >= 0.3 is 0 Å². The number of hydrogen-bond acceptors (Lipinski definition) is 7. The highest BCUT2D eigenvalue weighted by atomic mass is 35.5. The smallest absolute Gasteiger partial charge is 0.255 e. The first-order valence-corrected chi connectivity index (χ1v) is 9.06. The molecule has 1 fully saturated rings. The van der Waals surface area contributed by atoms with Crippen molar-refractivity contribution in [3.8, 4) is 5.75 Å². The van der Waals surface area contributed by atoms with Crippen LogP contribution >= 0.6 is 11.6 Å². The van der Waals surface area contributed by atoms with Crippen LogP contribution in [0.1, 0.15) is 10.4 Å². The van der Waals surface area contributed by atoms with E-state index in [1.807, 2.05) is 6.07 Å². The summed E-state index contributed by atoms with van der Waals surface area (Å²) in [5.74, 6) is 0.895. The predicted octanol–water partition coefficient (Wildman–Crippen LogP) is 1.82. The quantitative estimate of drug-likeness (QED) is 0.696. The van der Waals surface area contributed by atoms with Crippen molar-refractivity contribution in [1.29, 1.82) is 0 Å². The molecule has 1 aromatic carbocycles. The second-order valence-electron chi connectivity index (χ2n) is 5.93. The third-order valence-corrected chi connectivity index (χ3v) is 4.37. The van der Waals surface area contributed by atoms with Crippen LogP contribution in [-0.4, -0.2) is 62.6 Å². The molecule has 0 spiro atoms. The summed E-state index contributed by atoms with van der Waals surface area (Å²) in [6, 6.07) is 6.88. The van der Waals surface area contributed by atoms with E-state index in [4.69, 9.17) is 21.1 Å². The number of carbonyl (C=O) groups excluding carboxylic acids is 1. The summed E-state index contributed by atoms with van der Waals surface area (Å²) >= 11 is 5.96. The number of amides is 1. The van der Waals surface area contributed by atoms with Crippen LogP contribution in [0.2, 0.25) is 5.02 Å². The lowest BCUT2D eigenvalue weighted by atomic mass is 10.2. The highest BCUT2D eigenvalue weighted by molar-refractivity contribution is 6.31. The molecule has 27 heavy (non-hydrogen) atoms. The van der Waals surface area contributed by atoms with Gasteiger partial charge in [-0.15, -0.1) is 5.10 Å². The minimum atomic E-state index is -0.246. The van der Waals surface area contributed by atoms with Gasteiger partial charge in [0.25, 0.3) is 5.91 Å². The molecule has 2 heterocycles. The third-order valence-electron chi connectivity index (χ3n) is 4.14. The van der Waals surface area contributed by atoms with E-state index in [0.717, 1.165) is 18.8 Å². The van der Waals surface area contributed by atoms with Crippen molar-refractivity contribution in [2.45, 2.75) is 0 Å². The summed E-state index contributed by atoms with van der Waals surface area (Å²) in [4.78, 5) is 14.5. The maximum Gasteiger partial charge on any atom is 0.255 e. The summed E-state index contributed by atoms with van der Waals surface area (Å²) in [5.41, 5.74) is 1.41. The average Bonchev–Trinajstić information content (AvgIpc) is 2.72. The highest BCUT2D eigenvalue weighted by Gasteiger charge is 2.13. The number of anilines is 2. The monoisotopic (exact) mass is 391 g/mol. The Kier molecular flexibility index (Phi) is 6.67. The number of hydrogen-bond donors (Lipinski definition) is 2. The molecule has 144 valence electrons. The van der Waals surface area contributed by atoms with Crippen molar-refractivity contribution >= 4 is 29.0 Å². The number of benzene rings is 1. The molecule has 0 unspecified atom stereocenters. The fraction of sp³-hybridized carbons (Fsp3) is 0.389. The van der Waals surface area contributed by atoms with Crippen molar-refractivity contribution in [2.24, 2.45) is 0 Å². The fourth-order valence-corrected chi connectivity index (χ4v) is 2.93. The van der Waals surface area contributed by atoms with Gasteiger partial charge in [0.2, 0.25) is 0 Å². The zero-order valence-corrected chi connectivity index (χ0v) is 15.8.